The molecule has 0 nitrogen and oxygen atoms in total. The summed E-state index contributed by atoms with van der Waals surface area (Å²) in [5, 5.41) is 5.20. The lowest BCUT2D eigenvalue weighted by atomic mass is 9.94. The van der Waals surface area contributed by atoms with Crippen LogP contribution >= 0.6 is 0 Å². The van der Waals surface area contributed by atoms with Gasteiger partial charge in [-0.15, -0.1) is 0 Å². The van der Waals surface area contributed by atoms with Crippen LogP contribution in [-0.2, 0) is 0 Å². The van der Waals surface area contributed by atoms with Crippen LogP contribution in [0.15, 0.2) is 78.9 Å². The van der Waals surface area contributed by atoms with Gasteiger partial charge in [0.05, 0.1) is 0 Å². The molecule has 93 valence electrons. The van der Waals surface area contributed by atoms with E-state index in [0.29, 0.717) is 0 Å². The average molecular weight is 253 g/mol. The first-order valence-corrected chi connectivity index (χ1v) is 6.80. The van der Waals surface area contributed by atoms with E-state index in [1.807, 2.05) is 12.1 Å². The molecule has 0 N–H and O–H groups in total. The molecule has 0 amide bonds. The Morgan fingerprint density at radius 3 is 2.40 bits per heavy atom. The molecule has 0 atom stereocenters. The van der Waals surface area contributed by atoms with Gasteiger partial charge in [0.15, 0.2) is 0 Å². The van der Waals surface area contributed by atoms with Crippen molar-refractivity contribution in [1.29, 1.82) is 0 Å². The summed E-state index contributed by atoms with van der Waals surface area (Å²) in [6, 6.07) is 30.8. The lowest BCUT2D eigenvalue weighted by molar-refractivity contribution is 1.65. The highest BCUT2D eigenvalue weighted by molar-refractivity contribution is 6.14. The van der Waals surface area contributed by atoms with Gasteiger partial charge >= 0.3 is 0 Å². The normalized spacial score (nSPS) is 11.0. The minimum Gasteiger partial charge on any atom is -0.0616 e. The van der Waals surface area contributed by atoms with Crippen molar-refractivity contribution in [2.45, 2.75) is 0 Å². The number of hydrogen-bond acceptors (Lipinski definition) is 0. The van der Waals surface area contributed by atoms with Crippen LogP contribution in [0.2, 0.25) is 0 Å². The fourth-order valence-electron chi connectivity index (χ4n) is 2.86. The van der Waals surface area contributed by atoms with E-state index in [4.69, 9.17) is 0 Å². The highest BCUT2D eigenvalue weighted by atomic mass is 14.1. The molecule has 20 heavy (non-hydrogen) atoms. The van der Waals surface area contributed by atoms with Crippen molar-refractivity contribution in [2.24, 2.45) is 0 Å². The Morgan fingerprint density at radius 1 is 0.650 bits per heavy atom. The molecular weight excluding hydrogens is 240 g/mol. The summed E-state index contributed by atoms with van der Waals surface area (Å²) in [6.45, 7) is 0. The van der Waals surface area contributed by atoms with Crippen LogP contribution in [0.3, 0.4) is 0 Å². The minimum atomic E-state index is 1.22. The molecule has 0 bridgehead atoms. The van der Waals surface area contributed by atoms with E-state index in [0.717, 1.165) is 0 Å². The van der Waals surface area contributed by atoms with Gasteiger partial charge in [0.2, 0.25) is 0 Å². The van der Waals surface area contributed by atoms with E-state index in [9.17, 15) is 0 Å². The van der Waals surface area contributed by atoms with E-state index in [1.165, 1.54) is 32.7 Å². The number of fused-ring (bicyclic) bond motifs is 3. The fraction of sp³-hybridized carbons (Fsp3) is 0. The van der Waals surface area contributed by atoms with Gasteiger partial charge in [-0.3, -0.25) is 0 Å². The maximum absolute atomic E-state index is 3.17. The van der Waals surface area contributed by atoms with Crippen molar-refractivity contribution in [3.8, 4) is 11.1 Å². The Kier molecular flexibility index (Phi) is 2.53. The van der Waals surface area contributed by atoms with Gasteiger partial charge in [-0.2, -0.15) is 0 Å². The van der Waals surface area contributed by atoms with Crippen LogP contribution in [-0.4, -0.2) is 0 Å². The summed E-state index contributed by atoms with van der Waals surface area (Å²) in [5.41, 5.74) is 2.49. The minimum absolute atomic E-state index is 1.22. The monoisotopic (exact) mass is 253 g/mol. The molecule has 0 aliphatic carbocycles. The average Bonchev–Trinajstić information content (AvgIpc) is 2.55. The summed E-state index contributed by atoms with van der Waals surface area (Å²) < 4.78 is 0. The van der Waals surface area contributed by atoms with Crippen LogP contribution in [0.4, 0.5) is 0 Å². The number of hydrogen-bond donors (Lipinski definition) is 0. The largest absolute Gasteiger partial charge is 0.0616 e. The smallest absolute Gasteiger partial charge is 0.00268 e. The van der Waals surface area contributed by atoms with Crippen molar-refractivity contribution < 1.29 is 0 Å². The van der Waals surface area contributed by atoms with Crippen molar-refractivity contribution in [3.63, 3.8) is 0 Å². The zero-order valence-electron chi connectivity index (χ0n) is 11.0. The molecule has 0 aliphatic rings. The Balaban J connectivity index is 2.19. The Labute approximate surface area is 118 Å². The quantitative estimate of drug-likeness (QED) is 0.395. The van der Waals surface area contributed by atoms with Gasteiger partial charge in [0, 0.05) is 0 Å². The molecule has 0 saturated heterocycles. The predicted octanol–water partition coefficient (Wildman–Crippen LogP) is 5.46. The SMILES string of the molecule is [c]1cccc(-c2cccc3ccc4ccccc4c23)c1. The first-order chi connectivity index (χ1) is 9.93. The summed E-state index contributed by atoms with van der Waals surface area (Å²) in [7, 11) is 0. The zero-order chi connectivity index (χ0) is 13.4. The summed E-state index contributed by atoms with van der Waals surface area (Å²) in [5.74, 6) is 0. The van der Waals surface area contributed by atoms with Crippen LogP contribution in [0.25, 0.3) is 32.7 Å². The Hall–Kier alpha value is -2.60. The third-order valence-corrected chi connectivity index (χ3v) is 3.79. The van der Waals surface area contributed by atoms with Crippen molar-refractivity contribution >= 4 is 21.5 Å². The van der Waals surface area contributed by atoms with Gasteiger partial charge in [-0.1, -0.05) is 72.8 Å². The molecule has 1 radical (unpaired) electrons. The fourth-order valence-corrected chi connectivity index (χ4v) is 2.86. The van der Waals surface area contributed by atoms with E-state index < -0.39 is 0 Å². The van der Waals surface area contributed by atoms with Crippen molar-refractivity contribution in [2.75, 3.05) is 0 Å². The van der Waals surface area contributed by atoms with E-state index in [2.05, 4.69) is 72.8 Å². The Morgan fingerprint density at radius 2 is 1.50 bits per heavy atom. The zero-order valence-corrected chi connectivity index (χ0v) is 11.0. The molecule has 0 aliphatic heterocycles. The summed E-state index contributed by atoms with van der Waals surface area (Å²) in [4.78, 5) is 0. The molecule has 0 fully saturated rings. The van der Waals surface area contributed by atoms with Crippen LogP contribution in [0, 0.1) is 6.07 Å². The molecule has 4 rings (SSSR count). The Bertz CT molecular complexity index is 889. The molecule has 4 aromatic rings. The standard InChI is InChI=1S/C20H13/c1-2-7-15(8-3-1)19-12-6-10-17-14-13-16-9-4-5-11-18(16)20(17)19/h1-2,4-14H. The van der Waals surface area contributed by atoms with Gasteiger partial charge in [0.25, 0.3) is 0 Å². The molecule has 0 aromatic heterocycles. The van der Waals surface area contributed by atoms with Gasteiger partial charge < -0.3 is 0 Å². The maximum atomic E-state index is 3.17. The van der Waals surface area contributed by atoms with E-state index in [-0.39, 0.29) is 0 Å². The third kappa shape index (κ3) is 1.70. The number of benzene rings is 4. The van der Waals surface area contributed by atoms with Crippen molar-refractivity contribution in [1.82, 2.24) is 0 Å². The maximum Gasteiger partial charge on any atom is -0.00268 e. The van der Waals surface area contributed by atoms with E-state index >= 15 is 0 Å². The van der Waals surface area contributed by atoms with Crippen LogP contribution < -0.4 is 0 Å². The first-order valence-electron chi connectivity index (χ1n) is 6.80. The van der Waals surface area contributed by atoms with Gasteiger partial charge in [-0.05, 0) is 44.8 Å². The molecule has 0 saturated carbocycles. The summed E-state index contributed by atoms with van der Waals surface area (Å²) in [6.07, 6.45) is 0. The second kappa shape index (κ2) is 4.50. The number of rotatable bonds is 1. The molecule has 0 spiro atoms. The lowest BCUT2D eigenvalue weighted by Gasteiger charge is -2.10. The topological polar surface area (TPSA) is 0 Å². The second-order valence-corrected chi connectivity index (χ2v) is 4.98. The highest BCUT2D eigenvalue weighted by Gasteiger charge is 2.06. The molecular formula is C20H13. The van der Waals surface area contributed by atoms with E-state index in [1.54, 1.807) is 0 Å². The highest BCUT2D eigenvalue weighted by Crippen LogP contribution is 2.33. The van der Waals surface area contributed by atoms with Crippen molar-refractivity contribution in [3.05, 3.63) is 84.9 Å². The summed E-state index contributed by atoms with van der Waals surface area (Å²) >= 11 is 0. The third-order valence-electron chi connectivity index (χ3n) is 3.79. The van der Waals surface area contributed by atoms with Gasteiger partial charge in [0.1, 0.15) is 0 Å². The predicted molar refractivity (Wildman–Crippen MR) is 85.7 cm³/mol. The molecule has 0 heteroatoms. The van der Waals surface area contributed by atoms with Crippen LogP contribution in [0.1, 0.15) is 0 Å². The second-order valence-electron chi connectivity index (χ2n) is 4.98. The van der Waals surface area contributed by atoms with Crippen LogP contribution in [0.5, 0.6) is 0 Å². The molecule has 0 heterocycles. The lowest BCUT2D eigenvalue weighted by Crippen LogP contribution is -1.83. The molecule has 0 unspecified atom stereocenters. The first kappa shape index (κ1) is 11.2. The molecule has 4 aromatic carbocycles. The van der Waals surface area contributed by atoms with Gasteiger partial charge in [-0.25, -0.2) is 0 Å².